The van der Waals surface area contributed by atoms with Gasteiger partial charge in [0.1, 0.15) is 23.8 Å². The van der Waals surface area contributed by atoms with Crippen LogP contribution in [-0.2, 0) is 13.0 Å². The highest BCUT2D eigenvalue weighted by Crippen LogP contribution is 2.25. The standard InChI is InChI=1S/C15H22N6/c1-4-13-16-5-6-20(13)8-12-9-21(10-12)15-7-14(19(2)3)17-11-18-15/h5-7,11-12H,4,8-10H2,1-3H3. The Hall–Kier alpha value is -2.11. The van der Waals surface area contributed by atoms with Crippen LogP contribution in [0, 0.1) is 5.92 Å². The zero-order valence-electron chi connectivity index (χ0n) is 12.9. The van der Waals surface area contributed by atoms with Crippen molar-refractivity contribution in [2.24, 2.45) is 5.92 Å². The third-order valence-electron chi connectivity index (χ3n) is 3.95. The van der Waals surface area contributed by atoms with Crippen LogP contribution in [0.15, 0.2) is 24.8 Å². The lowest BCUT2D eigenvalue weighted by atomic mass is 10.00. The molecule has 112 valence electrons. The molecule has 1 saturated heterocycles. The van der Waals surface area contributed by atoms with E-state index in [-0.39, 0.29) is 0 Å². The highest BCUT2D eigenvalue weighted by molar-refractivity contribution is 5.50. The molecule has 0 atom stereocenters. The minimum Gasteiger partial charge on any atom is -0.363 e. The molecule has 1 aliphatic heterocycles. The minimum atomic E-state index is 0.669. The number of hydrogen-bond donors (Lipinski definition) is 0. The predicted molar refractivity (Wildman–Crippen MR) is 83.7 cm³/mol. The fourth-order valence-corrected chi connectivity index (χ4v) is 2.73. The predicted octanol–water partition coefficient (Wildman–Crippen LogP) is 1.44. The first-order valence-electron chi connectivity index (χ1n) is 7.41. The van der Waals surface area contributed by atoms with Crippen LogP contribution in [0.2, 0.25) is 0 Å². The van der Waals surface area contributed by atoms with Crippen LogP contribution in [0.25, 0.3) is 0 Å². The average Bonchev–Trinajstić information content (AvgIpc) is 2.89. The summed E-state index contributed by atoms with van der Waals surface area (Å²) in [6.45, 7) is 5.29. The lowest BCUT2D eigenvalue weighted by Crippen LogP contribution is -2.49. The van der Waals surface area contributed by atoms with Crippen molar-refractivity contribution in [3.63, 3.8) is 0 Å². The molecule has 2 aromatic rings. The van der Waals surface area contributed by atoms with Crippen molar-refractivity contribution in [3.8, 4) is 0 Å². The molecule has 2 aromatic heterocycles. The first-order valence-corrected chi connectivity index (χ1v) is 7.41. The van der Waals surface area contributed by atoms with E-state index in [9.17, 15) is 0 Å². The van der Waals surface area contributed by atoms with Crippen molar-refractivity contribution in [2.75, 3.05) is 37.0 Å². The third-order valence-corrected chi connectivity index (χ3v) is 3.95. The summed E-state index contributed by atoms with van der Waals surface area (Å²) in [5.41, 5.74) is 0. The fourth-order valence-electron chi connectivity index (χ4n) is 2.73. The van der Waals surface area contributed by atoms with Crippen molar-refractivity contribution < 1.29 is 0 Å². The summed E-state index contributed by atoms with van der Waals surface area (Å²) < 4.78 is 2.27. The van der Waals surface area contributed by atoms with Crippen LogP contribution in [0.5, 0.6) is 0 Å². The van der Waals surface area contributed by atoms with Gasteiger partial charge in [0.25, 0.3) is 0 Å². The molecule has 0 saturated carbocycles. The Morgan fingerprint density at radius 2 is 2.05 bits per heavy atom. The van der Waals surface area contributed by atoms with E-state index in [2.05, 4.69) is 37.5 Å². The average molecular weight is 286 g/mol. The second-order valence-electron chi connectivity index (χ2n) is 5.75. The van der Waals surface area contributed by atoms with Crippen molar-refractivity contribution in [2.45, 2.75) is 19.9 Å². The molecule has 3 heterocycles. The molecule has 3 rings (SSSR count). The molecule has 0 bridgehead atoms. The van der Waals surface area contributed by atoms with Gasteiger partial charge in [0, 0.05) is 64.5 Å². The number of aryl methyl sites for hydroxylation is 1. The van der Waals surface area contributed by atoms with Gasteiger partial charge in [-0.25, -0.2) is 15.0 Å². The fraction of sp³-hybridized carbons (Fsp3) is 0.533. The van der Waals surface area contributed by atoms with Crippen LogP contribution in [0.4, 0.5) is 11.6 Å². The van der Waals surface area contributed by atoms with Crippen LogP contribution in [0.3, 0.4) is 0 Å². The van der Waals surface area contributed by atoms with Crippen LogP contribution < -0.4 is 9.80 Å². The van der Waals surface area contributed by atoms with Gasteiger partial charge in [-0.2, -0.15) is 0 Å². The molecule has 0 radical (unpaired) electrons. The Bertz CT molecular complexity index is 600. The third kappa shape index (κ3) is 2.84. The van der Waals surface area contributed by atoms with E-state index in [1.165, 1.54) is 5.82 Å². The van der Waals surface area contributed by atoms with Gasteiger partial charge in [-0.05, 0) is 0 Å². The summed E-state index contributed by atoms with van der Waals surface area (Å²) in [6.07, 6.45) is 6.60. The Labute approximate surface area is 125 Å². The Morgan fingerprint density at radius 3 is 2.76 bits per heavy atom. The van der Waals surface area contributed by atoms with Crippen molar-refractivity contribution in [1.29, 1.82) is 0 Å². The lowest BCUT2D eigenvalue weighted by Gasteiger charge is -2.40. The highest BCUT2D eigenvalue weighted by Gasteiger charge is 2.28. The summed E-state index contributed by atoms with van der Waals surface area (Å²) in [4.78, 5) is 17.3. The molecular weight excluding hydrogens is 264 g/mol. The first kappa shape index (κ1) is 13.9. The zero-order valence-corrected chi connectivity index (χ0v) is 12.9. The number of nitrogens with zero attached hydrogens (tertiary/aromatic N) is 6. The van der Waals surface area contributed by atoms with Crippen LogP contribution in [-0.4, -0.2) is 46.7 Å². The molecule has 1 fully saturated rings. The van der Waals surface area contributed by atoms with E-state index in [0.29, 0.717) is 5.92 Å². The summed E-state index contributed by atoms with van der Waals surface area (Å²) in [7, 11) is 3.99. The summed E-state index contributed by atoms with van der Waals surface area (Å²) in [5, 5.41) is 0. The van der Waals surface area contributed by atoms with Crippen molar-refractivity contribution >= 4 is 11.6 Å². The van der Waals surface area contributed by atoms with Crippen molar-refractivity contribution in [1.82, 2.24) is 19.5 Å². The number of aromatic nitrogens is 4. The van der Waals surface area contributed by atoms with Gasteiger partial charge >= 0.3 is 0 Å². The Kier molecular flexibility index (Phi) is 3.77. The molecule has 0 unspecified atom stereocenters. The zero-order chi connectivity index (χ0) is 14.8. The molecule has 0 N–H and O–H groups in total. The smallest absolute Gasteiger partial charge is 0.134 e. The van der Waals surface area contributed by atoms with E-state index in [4.69, 9.17) is 0 Å². The van der Waals surface area contributed by atoms with Gasteiger partial charge in [-0.3, -0.25) is 0 Å². The highest BCUT2D eigenvalue weighted by atomic mass is 15.3. The maximum atomic E-state index is 4.38. The number of rotatable bonds is 5. The second-order valence-corrected chi connectivity index (χ2v) is 5.75. The molecule has 21 heavy (non-hydrogen) atoms. The Balaban J connectivity index is 1.59. The molecule has 0 aliphatic carbocycles. The van der Waals surface area contributed by atoms with Crippen molar-refractivity contribution in [3.05, 3.63) is 30.6 Å². The summed E-state index contributed by atoms with van der Waals surface area (Å²) >= 11 is 0. The number of hydrogen-bond acceptors (Lipinski definition) is 5. The van der Waals surface area contributed by atoms with Gasteiger partial charge in [0.2, 0.25) is 0 Å². The molecule has 6 nitrogen and oxygen atoms in total. The second kappa shape index (κ2) is 5.71. The molecule has 6 heteroatoms. The molecule has 1 aliphatic rings. The summed E-state index contributed by atoms with van der Waals surface area (Å²) in [5.74, 6) is 3.81. The van der Waals surface area contributed by atoms with E-state index >= 15 is 0 Å². The maximum Gasteiger partial charge on any atom is 0.134 e. The van der Waals surface area contributed by atoms with E-state index < -0.39 is 0 Å². The van der Waals surface area contributed by atoms with E-state index in [1.54, 1.807) is 6.33 Å². The van der Waals surface area contributed by atoms with E-state index in [1.807, 2.05) is 31.3 Å². The van der Waals surface area contributed by atoms with E-state index in [0.717, 1.165) is 37.7 Å². The number of imidazole rings is 1. The van der Waals surface area contributed by atoms with Crippen LogP contribution in [0.1, 0.15) is 12.7 Å². The lowest BCUT2D eigenvalue weighted by molar-refractivity contribution is 0.351. The molecule has 0 amide bonds. The minimum absolute atomic E-state index is 0.669. The number of anilines is 2. The topological polar surface area (TPSA) is 50.1 Å². The van der Waals surface area contributed by atoms with Crippen LogP contribution >= 0.6 is 0 Å². The van der Waals surface area contributed by atoms with Gasteiger partial charge in [-0.15, -0.1) is 0 Å². The monoisotopic (exact) mass is 286 g/mol. The van der Waals surface area contributed by atoms with Gasteiger partial charge in [0.05, 0.1) is 0 Å². The quantitative estimate of drug-likeness (QED) is 0.832. The van der Waals surface area contributed by atoms with Gasteiger partial charge in [0.15, 0.2) is 0 Å². The molecule has 0 spiro atoms. The SMILES string of the molecule is CCc1nccn1CC1CN(c2cc(N(C)C)ncn2)C1. The molecule has 0 aromatic carbocycles. The van der Waals surface area contributed by atoms with Gasteiger partial charge in [-0.1, -0.05) is 6.92 Å². The maximum absolute atomic E-state index is 4.38. The summed E-state index contributed by atoms with van der Waals surface area (Å²) in [6, 6.07) is 2.05. The van der Waals surface area contributed by atoms with Gasteiger partial charge < -0.3 is 14.4 Å². The normalized spacial score (nSPS) is 15.1. The Morgan fingerprint density at radius 1 is 1.24 bits per heavy atom. The first-order chi connectivity index (χ1) is 10.2. The largest absolute Gasteiger partial charge is 0.363 e. The molecular formula is C15H22N6.